The van der Waals surface area contributed by atoms with Crippen molar-refractivity contribution < 1.29 is 0 Å². The topological polar surface area (TPSA) is 0 Å². The second kappa shape index (κ2) is 11.2. The Labute approximate surface area is 247 Å². The minimum absolute atomic E-state index is 0.881. The Kier molecular flexibility index (Phi) is 6.69. The van der Waals surface area contributed by atoms with Crippen LogP contribution in [0.3, 0.4) is 0 Å². The van der Waals surface area contributed by atoms with Crippen molar-refractivity contribution in [2.45, 2.75) is 0 Å². The SMILES string of the molecule is C(#Cc1cc(C#Cc2ccc3cccc-3cc2)cc(C#Cc2ccc3cccc-3cc2)c1)c1ccc2cccc-2cc1. The van der Waals surface area contributed by atoms with Crippen LogP contribution < -0.4 is 0 Å². The second-order valence-electron chi connectivity index (χ2n) is 10.2. The van der Waals surface area contributed by atoms with E-state index in [1.807, 2.05) is 18.2 Å². The molecule has 0 amide bonds. The summed E-state index contributed by atoms with van der Waals surface area (Å²) in [6.07, 6.45) is 0. The molecule has 0 aliphatic heterocycles. The smallest absolute Gasteiger partial charge is 0.0273 e. The van der Waals surface area contributed by atoms with Crippen LogP contribution in [0.1, 0.15) is 33.4 Å². The quantitative estimate of drug-likeness (QED) is 0.172. The van der Waals surface area contributed by atoms with Crippen LogP contribution in [-0.2, 0) is 0 Å². The first-order valence-corrected chi connectivity index (χ1v) is 13.9. The zero-order valence-corrected chi connectivity index (χ0v) is 22.9. The Morgan fingerprint density at radius 2 is 0.429 bits per heavy atom. The average Bonchev–Trinajstić information content (AvgIpc) is 3.69. The van der Waals surface area contributed by atoms with E-state index >= 15 is 0 Å². The zero-order valence-electron chi connectivity index (χ0n) is 22.9. The molecule has 0 saturated heterocycles. The molecule has 0 atom stereocenters. The number of hydrogen-bond acceptors (Lipinski definition) is 0. The molecule has 0 heterocycles. The summed E-state index contributed by atoms with van der Waals surface area (Å²) in [4.78, 5) is 0. The molecule has 192 valence electrons. The van der Waals surface area contributed by atoms with E-state index in [1.165, 1.54) is 33.4 Å². The number of hydrogen-bond donors (Lipinski definition) is 0. The molecule has 0 spiro atoms. The average molecular weight is 529 g/mol. The molecule has 1 aromatic carbocycles. The highest BCUT2D eigenvalue weighted by molar-refractivity contribution is 5.69. The third-order valence-corrected chi connectivity index (χ3v) is 7.30. The molecular formula is C42H24. The monoisotopic (exact) mass is 528 g/mol. The van der Waals surface area contributed by atoms with Gasteiger partial charge in [-0.15, -0.1) is 0 Å². The van der Waals surface area contributed by atoms with Crippen molar-refractivity contribution in [3.05, 3.63) is 179 Å². The lowest BCUT2D eigenvalue weighted by molar-refractivity contribution is 1.55. The molecule has 42 heavy (non-hydrogen) atoms. The van der Waals surface area contributed by atoms with Crippen molar-refractivity contribution in [2.75, 3.05) is 0 Å². The first-order chi connectivity index (χ1) is 20.7. The summed E-state index contributed by atoms with van der Waals surface area (Å²) in [5, 5.41) is 0. The van der Waals surface area contributed by atoms with Gasteiger partial charge in [0.1, 0.15) is 0 Å². The molecule has 0 fully saturated rings. The lowest BCUT2D eigenvalue weighted by atomic mass is 10.0. The van der Waals surface area contributed by atoms with E-state index in [-0.39, 0.29) is 0 Å². The summed E-state index contributed by atoms with van der Waals surface area (Å²) in [6.45, 7) is 0. The second-order valence-corrected chi connectivity index (χ2v) is 10.2. The maximum absolute atomic E-state index is 3.36. The van der Waals surface area contributed by atoms with Gasteiger partial charge in [-0.1, -0.05) is 127 Å². The summed E-state index contributed by atoms with van der Waals surface area (Å²) in [6, 6.07) is 50.1. The lowest BCUT2D eigenvalue weighted by Gasteiger charge is -1.97. The van der Waals surface area contributed by atoms with Crippen LogP contribution in [0.15, 0.2) is 146 Å². The largest absolute Gasteiger partial charge is 0.0617 e. The van der Waals surface area contributed by atoms with Crippen molar-refractivity contribution in [3.63, 3.8) is 0 Å². The van der Waals surface area contributed by atoms with Crippen molar-refractivity contribution in [1.29, 1.82) is 0 Å². The summed E-state index contributed by atoms with van der Waals surface area (Å²) >= 11 is 0. The van der Waals surface area contributed by atoms with Gasteiger partial charge in [0, 0.05) is 33.4 Å². The van der Waals surface area contributed by atoms with E-state index in [2.05, 4.69) is 163 Å². The lowest BCUT2D eigenvalue weighted by Crippen LogP contribution is -1.85. The predicted octanol–water partition coefficient (Wildman–Crippen LogP) is 9.20. The minimum Gasteiger partial charge on any atom is -0.0617 e. The molecule has 0 unspecified atom stereocenters. The molecule has 0 bridgehead atoms. The van der Waals surface area contributed by atoms with Gasteiger partial charge in [0.15, 0.2) is 0 Å². The number of fused-ring (bicyclic) bond motifs is 3. The molecule has 6 aliphatic rings. The Bertz CT molecular complexity index is 1810. The minimum atomic E-state index is 0.881. The zero-order chi connectivity index (χ0) is 28.1. The van der Waals surface area contributed by atoms with Gasteiger partial charge in [-0.3, -0.25) is 0 Å². The summed E-state index contributed by atoms with van der Waals surface area (Å²) in [5.41, 5.74) is 12.8. The van der Waals surface area contributed by atoms with Gasteiger partial charge >= 0.3 is 0 Å². The van der Waals surface area contributed by atoms with Gasteiger partial charge in [-0.05, 0) is 88.0 Å². The van der Waals surface area contributed by atoms with Crippen LogP contribution in [0.25, 0.3) is 33.4 Å². The van der Waals surface area contributed by atoms with Gasteiger partial charge in [0.05, 0.1) is 0 Å². The van der Waals surface area contributed by atoms with E-state index in [1.54, 1.807) is 0 Å². The maximum Gasteiger partial charge on any atom is 0.0273 e. The molecule has 0 N–H and O–H groups in total. The predicted molar refractivity (Wildman–Crippen MR) is 174 cm³/mol. The number of benzene rings is 1. The first-order valence-electron chi connectivity index (χ1n) is 13.9. The third-order valence-electron chi connectivity index (χ3n) is 7.30. The fourth-order valence-electron chi connectivity index (χ4n) is 5.03. The van der Waals surface area contributed by atoms with Crippen molar-refractivity contribution in [3.8, 4) is 68.9 Å². The molecule has 0 aromatic heterocycles. The van der Waals surface area contributed by atoms with Crippen LogP contribution in [0.5, 0.6) is 0 Å². The molecule has 0 nitrogen and oxygen atoms in total. The van der Waals surface area contributed by atoms with E-state index < -0.39 is 0 Å². The normalized spacial score (nSPS) is 10.3. The van der Waals surface area contributed by atoms with E-state index in [0.29, 0.717) is 0 Å². The summed E-state index contributed by atoms with van der Waals surface area (Å²) < 4.78 is 0. The molecule has 0 saturated carbocycles. The van der Waals surface area contributed by atoms with Crippen LogP contribution in [0.2, 0.25) is 0 Å². The maximum atomic E-state index is 3.36. The molecular weight excluding hydrogens is 504 g/mol. The molecule has 1 aromatic rings. The standard InChI is InChI=1S/C42H24/c1-4-37-22-16-31(17-23-38(37)5-1)10-13-34-28-35(14-11-32-18-24-39-6-2-7-40(39)25-19-32)30-36(29-34)15-12-33-20-26-41-8-3-9-42(41)27-21-33/h1-9,16-30H. The summed E-state index contributed by atoms with van der Waals surface area (Å²) in [7, 11) is 0. The van der Waals surface area contributed by atoms with Crippen LogP contribution >= 0.6 is 0 Å². The fourth-order valence-corrected chi connectivity index (χ4v) is 5.03. The van der Waals surface area contributed by atoms with Gasteiger partial charge in [-0.2, -0.15) is 0 Å². The summed E-state index contributed by atoms with van der Waals surface area (Å²) in [5.74, 6) is 20.1. The number of rotatable bonds is 0. The molecule has 7 rings (SSSR count). The van der Waals surface area contributed by atoms with Gasteiger partial charge in [0.25, 0.3) is 0 Å². The molecule has 0 radical (unpaired) electrons. The molecule has 0 heteroatoms. The third kappa shape index (κ3) is 5.64. The Morgan fingerprint density at radius 3 is 0.667 bits per heavy atom. The van der Waals surface area contributed by atoms with Crippen LogP contribution in [0, 0.1) is 35.5 Å². The van der Waals surface area contributed by atoms with Crippen LogP contribution in [0.4, 0.5) is 0 Å². The van der Waals surface area contributed by atoms with E-state index in [0.717, 1.165) is 33.4 Å². The highest BCUT2D eigenvalue weighted by Gasteiger charge is 2.02. The van der Waals surface area contributed by atoms with Gasteiger partial charge < -0.3 is 0 Å². The Morgan fingerprint density at radius 1 is 0.214 bits per heavy atom. The fraction of sp³-hybridized carbons (Fsp3) is 0. The van der Waals surface area contributed by atoms with Crippen molar-refractivity contribution in [1.82, 2.24) is 0 Å². The van der Waals surface area contributed by atoms with Crippen molar-refractivity contribution >= 4 is 0 Å². The highest BCUT2D eigenvalue weighted by atomic mass is 14.1. The molecule has 6 aliphatic carbocycles. The Hall–Kier alpha value is -6.00. The van der Waals surface area contributed by atoms with Gasteiger partial charge in [0.2, 0.25) is 0 Å². The Balaban J connectivity index is 1.26. The highest BCUT2D eigenvalue weighted by Crippen LogP contribution is 2.23. The van der Waals surface area contributed by atoms with Crippen LogP contribution in [-0.4, -0.2) is 0 Å². The van der Waals surface area contributed by atoms with Crippen molar-refractivity contribution in [2.24, 2.45) is 0 Å². The van der Waals surface area contributed by atoms with E-state index in [9.17, 15) is 0 Å². The van der Waals surface area contributed by atoms with Gasteiger partial charge in [-0.25, -0.2) is 0 Å². The first kappa shape index (κ1) is 25.0. The van der Waals surface area contributed by atoms with E-state index in [4.69, 9.17) is 0 Å².